The molecule has 18 heavy (non-hydrogen) atoms. The first kappa shape index (κ1) is 11.4. The van der Waals surface area contributed by atoms with Crippen LogP contribution in [0.2, 0.25) is 0 Å². The molecular formula is C14H17N3O. The monoisotopic (exact) mass is 243 g/mol. The molecule has 2 aliphatic rings. The Labute approximate surface area is 107 Å². The van der Waals surface area contributed by atoms with Crippen LogP contribution in [0.4, 0.5) is 11.4 Å². The van der Waals surface area contributed by atoms with E-state index in [0.717, 1.165) is 37.2 Å². The molecule has 4 nitrogen and oxygen atoms in total. The van der Waals surface area contributed by atoms with Gasteiger partial charge in [-0.2, -0.15) is 5.26 Å². The van der Waals surface area contributed by atoms with Crippen LogP contribution >= 0.6 is 0 Å². The van der Waals surface area contributed by atoms with E-state index in [1.54, 1.807) is 7.11 Å². The van der Waals surface area contributed by atoms with Gasteiger partial charge in [-0.1, -0.05) is 0 Å². The number of nitrogens with zero attached hydrogens (tertiary/aromatic N) is 2. The van der Waals surface area contributed by atoms with Crippen LogP contribution in [0.1, 0.15) is 18.4 Å². The van der Waals surface area contributed by atoms with E-state index in [1.165, 1.54) is 5.69 Å². The maximum atomic E-state index is 9.01. The maximum Gasteiger partial charge on any atom is 0.0992 e. The van der Waals surface area contributed by atoms with Crippen LogP contribution in [0.15, 0.2) is 18.2 Å². The van der Waals surface area contributed by atoms with Crippen molar-refractivity contribution in [1.82, 2.24) is 0 Å². The summed E-state index contributed by atoms with van der Waals surface area (Å²) in [4.78, 5) is 2.42. The summed E-state index contributed by atoms with van der Waals surface area (Å²) in [5.74, 6) is 0. The molecule has 3 rings (SSSR count). The molecule has 0 bridgehead atoms. The Kier molecular flexibility index (Phi) is 2.85. The van der Waals surface area contributed by atoms with Gasteiger partial charge in [-0.15, -0.1) is 0 Å². The second-order valence-electron chi connectivity index (χ2n) is 4.95. The number of anilines is 2. The van der Waals surface area contributed by atoms with Crippen molar-refractivity contribution in [3.05, 3.63) is 23.8 Å². The van der Waals surface area contributed by atoms with Crippen LogP contribution < -0.4 is 10.2 Å². The second kappa shape index (κ2) is 4.51. The lowest BCUT2D eigenvalue weighted by atomic mass is 9.87. The molecule has 1 saturated carbocycles. The van der Waals surface area contributed by atoms with E-state index >= 15 is 0 Å². The first-order valence-corrected chi connectivity index (χ1v) is 6.39. The lowest BCUT2D eigenvalue weighted by Gasteiger charge is -2.46. The molecule has 0 aromatic heterocycles. The van der Waals surface area contributed by atoms with Gasteiger partial charge >= 0.3 is 0 Å². The molecule has 0 radical (unpaired) electrons. The number of benzene rings is 1. The highest BCUT2D eigenvalue weighted by Gasteiger charge is 2.35. The van der Waals surface area contributed by atoms with Gasteiger partial charge in [-0.25, -0.2) is 0 Å². The molecule has 1 aromatic rings. The van der Waals surface area contributed by atoms with Gasteiger partial charge in [-0.3, -0.25) is 0 Å². The van der Waals surface area contributed by atoms with Gasteiger partial charge in [0.2, 0.25) is 0 Å². The summed E-state index contributed by atoms with van der Waals surface area (Å²) in [6, 6.07) is 8.64. The van der Waals surface area contributed by atoms with Crippen LogP contribution in [-0.4, -0.2) is 32.3 Å². The molecule has 4 heteroatoms. The van der Waals surface area contributed by atoms with Crippen molar-refractivity contribution in [2.24, 2.45) is 0 Å². The number of rotatable bonds is 2. The third-order valence-electron chi connectivity index (χ3n) is 3.95. The Bertz CT molecular complexity index is 488. The molecule has 1 aromatic carbocycles. The standard InChI is InChI=1S/C14H17N3O/c1-18-12-7-11(8-12)17-5-4-16-13-3-2-10(9-15)6-14(13)17/h2-3,6,11-12,16H,4-5,7-8H2,1H3/t11-,12-. The van der Waals surface area contributed by atoms with E-state index in [1.807, 2.05) is 18.2 Å². The fourth-order valence-electron chi connectivity index (χ4n) is 2.78. The molecule has 94 valence electrons. The fraction of sp³-hybridized carbons (Fsp3) is 0.500. The third-order valence-corrected chi connectivity index (χ3v) is 3.95. The summed E-state index contributed by atoms with van der Waals surface area (Å²) in [7, 11) is 1.78. The third kappa shape index (κ3) is 1.81. The van der Waals surface area contributed by atoms with Crippen molar-refractivity contribution in [2.75, 3.05) is 30.4 Å². The quantitative estimate of drug-likeness (QED) is 0.862. The van der Waals surface area contributed by atoms with Crippen LogP contribution in [0.3, 0.4) is 0 Å². The first-order chi connectivity index (χ1) is 8.81. The summed E-state index contributed by atoms with van der Waals surface area (Å²) in [5.41, 5.74) is 3.03. The molecule has 0 saturated heterocycles. The van der Waals surface area contributed by atoms with Gasteiger partial charge in [0.1, 0.15) is 0 Å². The van der Waals surface area contributed by atoms with Crippen LogP contribution in [0.25, 0.3) is 0 Å². The lowest BCUT2D eigenvalue weighted by molar-refractivity contribution is 0.0254. The Morgan fingerprint density at radius 1 is 1.44 bits per heavy atom. The van der Waals surface area contributed by atoms with Crippen LogP contribution in [0, 0.1) is 11.3 Å². The molecule has 1 aliphatic heterocycles. The van der Waals surface area contributed by atoms with Gasteiger partial charge < -0.3 is 15.0 Å². The molecular weight excluding hydrogens is 226 g/mol. The van der Waals surface area contributed by atoms with Gasteiger partial charge in [0.15, 0.2) is 0 Å². The minimum absolute atomic E-state index is 0.410. The topological polar surface area (TPSA) is 48.3 Å². The zero-order valence-corrected chi connectivity index (χ0v) is 10.5. The highest BCUT2D eigenvalue weighted by Crippen LogP contribution is 2.37. The summed E-state index contributed by atoms with van der Waals surface area (Å²) in [6.07, 6.45) is 2.59. The van der Waals surface area contributed by atoms with Crippen molar-refractivity contribution < 1.29 is 4.74 Å². The van der Waals surface area contributed by atoms with E-state index in [-0.39, 0.29) is 0 Å². The fourth-order valence-corrected chi connectivity index (χ4v) is 2.78. The average molecular weight is 243 g/mol. The van der Waals surface area contributed by atoms with Crippen molar-refractivity contribution in [3.63, 3.8) is 0 Å². The van der Waals surface area contributed by atoms with E-state index in [2.05, 4.69) is 16.3 Å². The van der Waals surface area contributed by atoms with E-state index in [0.29, 0.717) is 12.1 Å². The van der Waals surface area contributed by atoms with Gasteiger partial charge in [-0.05, 0) is 31.0 Å². The van der Waals surface area contributed by atoms with E-state index < -0.39 is 0 Å². The zero-order valence-electron chi connectivity index (χ0n) is 10.5. The van der Waals surface area contributed by atoms with Crippen molar-refractivity contribution in [3.8, 4) is 6.07 Å². The van der Waals surface area contributed by atoms with E-state index in [9.17, 15) is 0 Å². The molecule has 1 aliphatic carbocycles. The second-order valence-corrected chi connectivity index (χ2v) is 4.95. The normalized spacial score (nSPS) is 25.7. The number of ether oxygens (including phenoxy) is 1. The average Bonchev–Trinajstić information content (AvgIpc) is 2.37. The molecule has 0 atom stereocenters. The Morgan fingerprint density at radius 3 is 3.00 bits per heavy atom. The Morgan fingerprint density at radius 2 is 2.28 bits per heavy atom. The lowest BCUT2D eigenvalue weighted by Crippen LogP contribution is -2.51. The van der Waals surface area contributed by atoms with Crippen molar-refractivity contribution in [1.29, 1.82) is 5.26 Å². The van der Waals surface area contributed by atoms with Gasteiger partial charge in [0, 0.05) is 26.2 Å². The zero-order chi connectivity index (χ0) is 12.5. The molecule has 1 heterocycles. The van der Waals surface area contributed by atoms with Crippen molar-refractivity contribution >= 4 is 11.4 Å². The van der Waals surface area contributed by atoms with Crippen molar-refractivity contribution in [2.45, 2.75) is 25.0 Å². The number of methoxy groups -OCH3 is 1. The highest BCUT2D eigenvalue weighted by molar-refractivity contribution is 5.74. The SMILES string of the molecule is CO[C@H]1C[C@H](N2CCNc3ccc(C#N)cc32)C1. The summed E-state index contributed by atoms with van der Waals surface area (Å²) < 4.78 is 5.35. The highest BCUT2D eigenvalue weighted by atomic mass is 16.5. The van der Waals surface area contributed by atoms with Gasteiger partial charge in [0.25, 0.3) is 0 Å². The minimum atomic E-state index is 0.410. The Balaban J connectivity index is 1.85. The van der Waals surface area contributed by atoms with E-state index in [4.69, 9.17) is 10.00 Å². The number of fused-ring (bicyclic) bond motifs is 1. The summed E-state index contributed by atoms with van der Waals surface area (Å²) in [6.45, 7) is 1.97. The largest absolute Gasteiger partial charge is 0.382 e. The van der Waals surface area contributed by atoms with Crippen LogP contribution in [-0.2, 0) is 4.74 Å². The predicted octanol–water partition coefficient (Wildman–Crippen LogP) is 1.97. The van der Waals surface area contributed by atoms with Gasteiger partial charge in [0.05, 0.1) is 29.1 Å². The number of nitrogens with one attached hydrogen (secondary N) is 1. The molecule has 1 fully saturated rings. The Hall–Kier alpha value is -1.73. The first-order valence-electron chi connectivity index (χ1n) is 6.39. The molecule has 0 unspecified atom stereocenters. The summed E-state index contributed by atoms with van der Waals surface area (Å²) in [5, 5.41) is 12.4. The number of hydrogen-bond acceptors (Lipinski definition) is 4. The minimum Gasteiger partial charge on any atom is -0.382 e. The number of nitriles is 1. The smallest absolute Gasteiger partial charge is 0.0992 e. The predicted molar refractivity (Wildman–Crippen MR) is 70.8 cm³/mol. The molecule has 0 amide bonds. The molecule has 1 N–H and O–H groups in total. The van der Waals surface area contributed by atoms with Crippen LogP contribution in [0.5, 0.6) is 0 Å². The maximum absolute atomic E-state index is 9.01. The summed E-state index contributed by atoms with van der Waals surface area (Å²) >= 11 is 0. The number of hydrogen-bond donors (Lipinski definition) is 1. The molecule has 0 spiro atoms.